The summed E-state index contributed by atoms with van der Waals surface area (Å²) in [5.74, 6) is -0.392. The van der Waals surface area contributed by atoms with Gasteiger partial charge in [0.2, 0.25) is 0 Å². The standard InChI is InChI=1S/C14H15F2NO2/c1-8-3-6-13(18-8)14(9(2)17)19-10-4-5-11(15)12(16)7-10/h3-7,9,14H,17H2,1-2H3. The van der Waals surface area contributed by atoms with Crippen LogP contribution in [0.15, 0.2) is 34.7 Å². The van der Waals surface area contributed by atoms with Crippen LogP contribution >= 0.6 is 0 Å². The van der Waals surface area contributed by atoms with Gasteiger partial charge < -0.3 is 14.9 Å². The summed E-state index contributed by atoms with van der Waals surface area (Å²) < 4.78 is 37.0. The fourth-order valence-electron chi connectivity index (χ4n) is 1.73. The number of benzene rings is 1. The summed E-state index contributed by atoms with van der Waals surface area (Å²) in [6.07, 6.45) is -0.557. The molecule has 0 saturated heterocycles. The molecule has 0 saturated carbocycles. The quantitative estimate of drug-likeness (QED) is 0.924. The first-order chi connectivity index (χ1) is 8.97. The highest BCUT2D eigenvalue weighted by Crippen LogP contribution is 2.26. The minimum atomic E-state index is -0.962. The number of rotatable bonds is 4. The van der Waals surface area contributed by atoms with Crippen molar-refractivity contribution in [3.8, 4) is 5.75 Å². The molecular weight excluding hydrogens is 252 g/mol. The molecule has 2 unspecified atom stereocenters. The van der Waals surface area contributed by atoms with E-state index in [1.165, 1.54) is 6.07 Å². The molecule has 1 heterocycles. The zero-order valence-corrected chi connectivity index (χ0v) is 10.7. The lowest BCUT2D eigenvalue weighted by molar-refractivity contribution is 0.151. The summed E-state index contributed by atoms with van der Waals surface area (Å²) in [5, 5.41) is 0. The second kappa shape index (κ2) is 5.40. The molecule has 0 radical (unpaired) electrons. The van der Waals surface area contributed by atoms with Gasteiger partial charge in [-0.2, -0.15) is 0 Å². The number of hydrogen-bond acceptors (Lipinski definition) is 3. The number of halogens is 2. The molecule has 3 nitrogen and oxygen atoms in total. The van der Waals surface area contributed by atoms with Crippen LogP contribution < -0.4 is 10.5 Å². The normalized spacial score (nSPS) is 14.2. The molecule has 2 N–H and O–H groups in total. The Labute approximate surface area is 110 Å². The van der Waals surface area contributed by atoms with Gasteiger partial charge in [-0.3, -0.25) is 0 Å². The number of hydrogen-bond donors (Lipinski definition) is 1. The molecule has 0 bridgehead atoms. The maximum absolute atomic E-state index is 13.1. The Balaban J connectivity index is 2.23. The molecule has 102 valence electrons. The van der Waals surface area contributed by atoms with Crippen molar-refractivity contribution in [3.05, 3.63) is 53.5 Å². The summed E-state index contributed by atoms with van der Waals surface area (Å²) in [7, 11) is 0. The maximum Gasteiger partial charge on any atom is 0.171 e. The molecule has 2 atom stereocenters. The average Bonchev–Trinajstić information content (AvgIpc) is 2.76. The SMILES string of the molecule is Cc1ccc(C(Oc2ccc(F)c(F)c2)C(C)N)o1. The summed E-state index contributed by atoms with van der Waals surface area (Å²) in [5.41, 5.74) is 5.84. The van der Waals surface area contributed by atoms with Crippen LogP contribution in [0.25, 0.3) is 0 Å². The molecule has 0 fully saturated rings. The highest BCUT2D eigenvalue weighted by Gasteiger charge is 2.22. The number of furan rings is 1. The predicted molar refractivity (Wildman–Crippen MR) is 66.8 cm³/mol. The van der Waals surface area contributed by atoms with Crippen molar-refractivity contribution < 1.29 is 17.9 Å². The summed E-state index contributed by atoms with van der Waals surface area (Å²) in [6, 6.07) is 6.53. The van der Waals surface area contributed by atoms with E-state index in [2.05, 4.69) is 0 Å². The van der Waals surface area contributed by atoms with Crippen molar-refractivity contribution in [2.75, 3.05) is 0 Å². The molecule has 0 spiro atoms. The van der Waals surface area contributed by atoms with Crippen molar-refractivity contribution in [1.29, 1.82) is 0 Å². The van der Waals surface area contributed by atoms with Crippen LogP contribution in [0.4, 0.5) is 8.78 Å². The van der Waals surface area contributed by atoms with Crippen molar-refractivity contribution in [2.45, 2.75) is 26.0 Å². The Bertz CT molecular complexity index is 566. The second-order valence-corrected chi connectivity index (χ2v) is 4.42. The van der Waals surface area contributed by atoms with Gasteiger partial charge in [-0.05, 0) is 38.1 Å². The smallest absolute Gasteiger partial charge is 0.171 e. The predicted octanol–water partition coefficient (Wildman–Crippen LogP) is 3.33. The van der Waals surface area contributed by atoms with Crippen LogP contribution in [-0.4, -0.2) is 6.04 Å². The Morgan fingerprint density at radius 1 is 1.16 bits per heavy atom. The van der Waals surface area contributed by atoms with Gasteiger partial charge in [-0.15, -0.1) is 0 Å². The van der Waals surface area contributed by atoms with Crippen LogP contribution in [-0.2, 0) is 0 Å². The summed E-state index contributed by atoms with van der Waals surface area (Å²) in [6.45, 7) is 3.56. The van der Waals surface area contributed by atoms with Crippen molar-refractivity contribution >= 4 is 0 Å². The van der Waals surface area contributed by atoms with E-state index < -0.39 is 17.7 Å². The first-order valence-corrected chi connectivity index (χ1v) is 5.91. The molecule has 2 rings (SSSR count). The summed E-state index contributed by atoms with van der Waals surface area (Å²) in [4.78, 5) is 0. The highest BCUT2D eigenvalue weighted by atomic mass is 19.2. The molecule has 0 aliphatic rings. The molecule has 0 amide bonds. The Morgan fingerprint density at radius 3 is 2.42 bits per heavy atom. The van der Waals surface area contributed by atoms with E-state index in [1.807, 2.05) is 0 Å². The van der Waals surface area contributed by atoms with Crippen molar-refractivity contribution in [3.63, 3.8) is 0 Å². The fraction of sp³-hybridized carbons (Fsp3) is 0.286. The minimum absolute atomic E-state index is 0.204. The third kappa shape index (κ3) is 3.12. The van der Waals surface area contributed by atoms with Gasteiger partial charge in [-0.1, -0.05) is 0 Å². The van der Waals surface area contributed by atoms with Crippen LogP contribution in [0.1, 0.15) is 24.5 Å². The Hall–Kier alpha value is -1.88. The van der Waals surface area contributed by atoms with Crippen LogP contribution in [0.5, 0.6) is 5.75 Å². The molecule has 1 aromatic heterocycles. The topological polar surface area (TPSA) is 48.4 Å². The van der Waals surface area contributed by atoms with Gasteiger partial charge in [0, 0.05) is 12.1 Å². The van der Waals surface area contributed by atoms with Gasteiger partial charge in [0.1, 0.15) is 17.3 Å². The largest absolute Gasteiger partial charge is 0.481 e. The maximum atomic E-state index is 13.1. The van der Waals surface area contributed by atoms with Gasteiger partial charge in [-0.25, -0.2) is 8.78 Å². The molecule has 2 aromatic rings. The van der Waals surface area contributed by atoms with E-state index in [4.69, 9.17) is 14.9 Å². The molecule has 5 heteroatoms. The molecular formula is C14H15F2NO2. The second-order valence-electron chi connectivity index (χ2n) is 4.42. The minimum Gasteiger partial charge on any atom is -0.481 e. The molecule has 19 heavy (non-hydrogen) atoms. The van der Waals surface area contributed by atoms with Gasteiger partial charge in [0.05, 0.1) is 0 Å². The van der Waals surface area contributed by atoms with E-state index in [1.54, 1.807) is 26.0 Å². The Morgan fingerprint density at radius 2 is 1.89 bits per heavy atom. The van der Waals surface area contributed by atoms with Crippen LogP contribution in [0.2, 0.25) is 0 Å². The lowest BCUT2D eigenvalue weighted by atomic mass is 10.1. The van der Waals surface area contributed by atoms with E-state index in [9.17, 15) is 8.78 Å². The van der Waals surface area contributed by atoms with Gasteiger partial charge in [0.25, 0.3) is 0 Å². The van der Waals surface area contributed by atoms with Gasteiger partial charge >= 0.3 is 0 Å². The van der Waals surface area contributed by atoms with E-state index in [-0.39, 0.29) is 11.8 Å². The fourth-order valence-corrected chi connectivity index (χ4v) is 1.73. The molecule has 0 aliphatic carbocycles. The third-order valence-corrected chi connectivity index (χ3v) is 2.67. The van der Waals surface area contributed by atoms with Crippen molar-refractivity contribution in [1.82, 2.24) is 0 Å². The highest BCUT2D eigenvalue weighted by molar-refractivity contribution is 5.25. The van der Waals surface area contributed by atoms with E-state index in [0.717, 1.165) is 17.9 Å². The van der Waals surface area contributed by atoms with Gasteiger partial charge in [0.15, 0.2) is 17.7 Å². The lowest BCUT2D eigenvalue weighted by Crippen LogP contribution is -2.28. The monoisotopic (exact) mass is 267 g/mol. The zero-order valence-electron chi connectivity index (χ0n) is 10.7. The van der Waals surface area contributed by atoms with E-state index >= 15 is 0 Å². The van der Waals surface area contributed by atoms with Crippen LogP contribution in [0.3, 0.4) is 0 Å². The first-order valence-electron chi connectivity index (χ1n) is 5.91. The third-order valence-electron chi connectivity index (χ3n) is 2.67. The first kappa shape index (κ1) is 13.5. The lowest BCUT2D eigenvalue weighted by Gasteiger charge is -2.20. The summed E-state index contributed by atoms with van der Waals surface area (Å²) >= 11 is 0. The van der Waals surface area contributed by atoms with Crippen molar-refractivity contribution in [2.24, 2.45) is 5.73 Å². The number of aryl methyl sites for hydroxylation is 1. The number of nitrogens with two attached hydrogens (primary N) is 1. The Kier molecular flexibility index (Phi) is 3.85. The molecule has 1 aromatic carbocycles. The average molecular weight is 267 g/mol. The molecule has 0 aliphatic heterocycles. The zero-order chi connectivity index (χ0) is 14.0. The van der Waals surface area contributed by atoms with E-state index in [0.29, 0.717) is 5.76 Å². The van der Waals surface area contributed by atoms with Crippen LogP contribution in [0, 0.1) is 18.6 Å². The number of ether oxygens (including phenoxy) is 1.